The summed E-state index contributed by atoms with van der Waals surface area (Å²) in [5.41, 5.74) is 8.08. The molecular weight excluding hydrogens is 242 g/mol. The summed E-state index contributed by atoms with van der Waals surface area (Å²) in [6, 6.07) is 12.4. The second kappa shape index (κ2) is 4.61. The van der Waals surface area contributed by atoms with Gasteiger partial charge in [0.1, 0.15) is 5.82 Å². The van der Waals surface area contributed by atoms with Crippen LogP contribution in [0.1, 0.15) is 23.6 Å². The van der Waals surface area contributed by atoms with E-state index in [2.05, 4.69) is 40.3 Å². The highest BCUT2D eigenvalue weighted by atomic mass is 32.2. The van der Waals surface area contributed by atoms with Crippen LogP contribution in [0.15, 0.2) is 41.6 Å². The number of nitrogens with zero attached hydrogens (tertiary/aromatic N) is 2. The van der Waals surface area contributed by atoms with E-state index in [1.807, 2.05) is 6.92 Å². The highest BCUT2D eigenvalue weighted by molar-refractivity contribution is 8.00. The first kappa shape index (κ1) is 11.5. The number of hydrogen-bond donors (Lipinski definition) is 1. The van der Waals surface area contributed by atoms with E-state index in [-0.39, 0.29) is 0 Å². The molecule has 1 aliphatic rings. The van der Waals surface area contributed by atoms with Crippen LogP contribution in [0.2, 0.25) is 0 Å². The number of anilines is 1. The fourth-order valence-electron chi connectivity index (χ4n) is 2.11. The van der Waals surface area contributed by atoms with Crippen molar-refractivity contribution in [2.45, 2.75) is 29.7 Å². The zero-order chi connectivity index (χ0) is 12.5. The molecule has 0 amide bonds. The lowest BCUT2D eigenvalue weighted by molar-refractivity contribution is 0.939. The third kappa shape index (κ3) is 2.48. The topological polar surface area (TPSA) is 51.8 Å². The largest absolute Gasteiger partial charge is 0.384 e. The Bertz CT molecular complexity index is 536. The highest BCUT2D eigenvalue weighted by Crippen LogP contribution is 2.50. The molecular formula is C14H15N3S. The van der Waals surface area contributed by atoms with Crippen molar-refractivity contribution in [3.63, 3.8) is 0 Å². The molecule has 2 unspecified atom stereocenters. The number of benzene rings is 1. The first-order valence-electron chi connectivity index (χ1n) is 6.05. The van der Waals surface area contributed by atoms with Gasteiger partial charge in [0.05, 0.1) is 0 Å². The Morgan fingerprint density at radius 1 is 1.22 bits per heavy atom. The van der Waals surface area contributed by atoms with Crippen molar-refractivity contribution in [3.8, 4) is 0 Å². The van der Waals surface area contributed by atoms with E-state index >= 15 is 0 Å². The van der Waals surface area contributed by atoms with Crippen LogP contribution in [0.4, 0.5) is 5.82 Å². The molecule has 1 aromatic carbocycles. The van der Waals surface area contributed by atoms with Gasteiger partial charge in [-0.05, 0) is 24.8 Å². The van der Waals surface area contributed by atoms with Gasteiger partial charge in [0.25, 0.3) is 0 Å². The first-order valence-corrected chi connectivity index (χ1v) is 6.93. The van der Waals surface area contributed by atoms with Gasteiger partial charge in [0, 0.05) is 17.0 Å². The van der Waals surface area contributed by atoms with Gasteiger partial charge in [-0.1, -0.05) is 42.1 Å². The molecule has 1 fully saturated rings. The van der Waals surface area contributed by atoms with E-state index in [4.69, 9.17) is 5.73 Å². The Labute approximate surface area is 111 Å². The Hall–Kier alpha value is -1.55. The van der Waals surface area contributed by atoms with Gasteiger partial charge in [0.2, 0.25) is 0 Å². The Kier molecular flexibility index (Phi) is 2.96. The molecule has 4 heteroatoms. The van der Waals surface area contributed by atoms with E-state index in [1.54, 1.807) is 17.8 Å². The summed E-state index contributed by atoms with van der Waals surface area (Å²) in [6.07, 6.45) is 1.20. The fraction of sp³-hybridized carbons (Fsp3) is 0.286. The van der Waals surface area contributed by atoms with Crippen molar-refractivity contribution in [3.05, 3.63) is 47.7 Å². The van der Waals surface area contributed by atoms with Crippen LogP contribution < -0.4 is 5.73 Å². The number of nitrogens with two attached hydrogens (primary N) is 1. The molecule has 0 spiro atoms. The van der Waals surface area contributed by atoms with Gasteiger partial charge in [-0.15, -0.1) is 0 Å². The quantitative estimate of drug-likeness (QED) is 0.859. The number of nitrogen functional groups attached to an aromatic ring is 1. The minimum atomic E-state index is 0.557. The molecule has 2 atom stereocenters. The van der Waals surface area contributed by atoms with Crippen molar-refractivity contribution in [1.82, 2.24) is 9.97 Å². The smallest absolute Gasteiger partial charge is 0.190 e. The minimum Gasteiger partial charge on any atom is -0.384 e. The SMILES string of the molecule is Cc1cc(N)nc(SC2CC2c2ccccc2)n1. The molecule has 18 heavy (non-hydrogen) atoms. The number of hydrogen-bond acceptors (Lipinski definition) is 4. The summed E-state index contributed by atoms with van der Waals surface area (Å²) in [7, 11) is 0. The number of aryl methyl sites for hydroxylation is 1. The second-order valence-electron chi connectivity index (χ2n) is 4.63. The molecule has 0 saturated heterocycles. The lowest BCUT2D eigenvalue weighted by Crippen LogP contribution is -1.97. The number of aromatic nitrogens is 2. The Balaban J connectivity index is 1.69. The monoisotopic (exact) mass is 257 g/mol. The van der Waals surface area contributed by atoms with E-state index in [0.717, 1.165) is 10.9 Å². The molecule has 1 saturated carbocycles. The van der Waals surface area contributed by atoms with Crippen LogP contribution in [-0.4, -0.2) is 15.2 Å². The molecule has 0 radical (unpaired) electrons. The predicted octanol–water partition coefficient (Wildman–Crippen LogP) is 3.02. The van der Waals surface area contributed by atoms with E-state index < -0.39 is 0 Å². The third-order valence-corrected chi connectivity index (χ3v) is 4.29. The van der Waals surface area contributed by atoms with Gasteiger partial charge in [-0.3, -0.25) is 0 Å². The van der Waals surface area contributed by atoms with Gasteiger partial charge < -0.3 is 5.73 Å². The summed E-state index contributed by atoms with van der Waals surface area (Å²) < 4.78 is 0. The van der Waals surface area contributed by atoms with Gasteiger partial charge >= 0.3 is 0 Å². The Morgan fingerprint density at radius 2 is 2.00 bits per heavy atom. The summed E-state index contributed by atoms with van der Waals surface area (Å²) in [5.74, 6) is 1.20. The van der Waals surface area contributed by atoms with Crippen LogP contribution >= 0.6 is 11.8 Å². The molecule has 3 rings (SSSR count). The maximum absolute atomic E-state index is 5.74. The van der Waals surface area contributed by atoms with Crippen LogP contribution in [0, 0.1) is 6.92 Å². The molecule has 92 valence electrons. The van der Waals surface area contributed by atoms with Crippen LogP contribution in [0.3, 0.4) is 0 Å². The standard InChI is InChI=1S/C14H15N3S/c1-9-7-13(15)17-14(16-9)18-12-8-11(12)10-5-3-2-4-6-10/h2-7,11-12H,8H2,1H3,(H2,15,16,17). The normalized spacial score (nSPS) is 21.8. The summed E-state index contributed by atoms with van der Waals surface area (Å²) >= 11 is 1.74. The number of rotatable bonds is 3. The molecule has 1 heterocycles. The van der Waals surface area contributed by atoms with Gasteiger partial charge in [0.15, 0.2) is 5.16 Å². The molecule has 1 aromatic heterocycles. The van der Waals surface area contributed by atoms with E-state index in [0.29, 0.717) is 17.0 Å². The maximum Gasteiger partial charge on any atom is 0.190 e. The number of thioether (sulfide) groups is 1. The van der Waals surface area contributed by atoms with Crippen LogP contribution in [-0.2, 0) is 0 Å². The fourth-order valence-corrected chi connectivity index (χ4v) is 3.36. The first-order chi connectivity index (χ1) is 8.72. The van der Waals surface area contributed by atoms with Crippen molar-refractivity contribution in [2.24, 2.45) is 0 Å². The second-order valence-corrected chi connectivity index (χ2v) is 5.83. The summed E-state index contributed by atoms with van der Waals surface area (Å²) in [5, 5.41) is 1.39. The maximum atomic E-state index is 5.74. The van der Waals surface area contributed by atoms with E-state index in [1.165, 1.54) is 12.0 Å². The average Bonchev–Trinajstić information content (AvgIpc) is 3.08. The molecule has 1 aliphatic carbocycles. The lowest BCUT2D eigenvalue weighted by Gasteiger charge is -2.02. The van der Waals surface area contributed by atoms with Crippen molar-refractivity contribution >= 4 is 17.6 Å². The van der Waals surface area contributed by atoms with Crippen molar-refractivity contribution in [2.75, 3.05) is 5.73 Å². The summed E-state index contributed by atoms with van der Waals surface area (Å²) in [4.78, 5) is 8.69. The predicted molar refractivity (Wildman–Crippen MR) is 74.6 cm³/mol. The van der Waals surface area contributed by atoms with Gasteiger partial charge in [-0.25, -0.2) is 9.97 Å². The van der Waals surface area contributed by atoms with Gasteiger partial charge in [-0.2, -0.15) is 0 Å². The lowest BCUT2D eigenvalue weighted by atomic mass is 10.1. The molecule has 2 aromatic rings. The third-order valence-electron chi connectivity index (χ3n) is 3.07. The molecule has 2 N–H and O–H groups in total. The van der Waals surface area contributed by atoms with Crippen LogP contribution in [0.5, 0.6) is 0 Å². The molecule has 0 bridgehead atoms. The molecule has 0 aliphatic heterocycles. The van der Waals surface area contributed by atoms with Crippen LogP contribution in [0.25, 0.3) is 0 Å². The average molecular weight is 257 g/mol. The minimum absolute atomic E-state index is 0.557. The highest BCUT2D eigenvalue weighted by Gasteiger charge is 2.39. The Morgan fingerprint density at radius 3 is 2.72 bits per heavy atom. The summed E-state index contributed by atoms with van der Waals surface area (Å²) in [6.45, 7) is 1.95. The zero-order valence-electron chi connectivity index (χ0n) is 10.2. The van der Waals surface area contributed by atoms with E-state index in [9.17, 15) is 0 Å². The van der Waals surface area contributed by atoms with Crippen molar-refractivity contribution < 1.29 is 0 Å². The molecule has 3 nitrogen and oxygen atoms in total. The zero-order valence-corrected chi connectivity index (χ0v) is 11.0. The van der Waals surface area contributed by atoms with Crippen molar-refractivity contribution in [1.29, 1.82) is 0 Å².